The van der Waals surface area contributed by atoms with E-state index >= 15 is 0 Å². The molecule has 1 aromatic carbocycles. The molecule has 3 N–H and O–H groups in total. The first-order chi connectivity index (χ1) is 9.72. The van der Waals surface area contributed by atoms with E-state index in [4.69, 9.17) is 5.11 Å². The number of carbonyl (C=O) groups is 1. The van der Waals surface area contributed by atoms with E-state index in [-0.39, 0.29) is 12.5 Å². The summed E-state index contributed by atoms with van der Waals surface area (Å²) in [6, 6.07) is 7.42. The molecule has 6 nitrogen and oxygen atoms in total. The minimum absolute atomic E-state index is 0.0715. The summed E-state index contributed by atoms with van der Waals surface area (Å²) in [7, 11) is 1.61. The highest BCUT2D eigenvalue weighted by Crippen LogP contribution is 2.09. The maximum Gasteiger partial charge on any atom is 0.251 e. The molecule has 0 aliphatic carbocycles. The SMILES string of the molecule is CNC(=O)c1ccc(CNc2cnn(CCO)c2)cc1. The summed E-state index contributed by atoms with van der Waals surface area (Å²) < 4.78 is 1.68. The van der Waals surface area contributed by atoms with Crippen LogP contribution in [0.3, 0.4) is 0 Å². The molecule has 0 saturated heterocycles. The normalized spacial score (nSPS) is 10.3. The molecule has 106 valence electrons. The number of aliphatic hydroxyl groups is 1. The molecule has 20 heavy (non-hydrogen) atoms. The van der Waals surface area contributed by atoms with E-state index in [1.807, 2.05) is 18.3 Å². The molecule has 0 unspecified atom stereocenters. The maximum absolute atomic E-state index is 11.4. The van der Waals surface area contributed by atoms with Crippen LogP contribution in [0, 0.1) is 0 Å². The third-order valence-corrected chi connectivity index (χ3v) is 2.90. The first-order valence-electron chi connectivity index (χ1n) is 6.41. The molecule has 0 aliphatic rings. The molecular weight excluding hydrogens is 256 g/mol. The van der Waals surface area contributed by atoms with Crippen LogP contribution in [0.4, 0.5) is 5.69 Å². The van der Waals surface area contributed by atoms with E-state index in [1.54, 1.807) is 30.1 Å². The summed E-state index contributed by atoms with van der Waals surface area (Å²) in [5, 5.41) is 18.7. The molecule has 0 atom stereocenters. The highest BCUT2D eigenvalue weighted by atomic mass is 16.3. The van der Waals surface area contributed by atoms with Crippen LogP contribution in [-0.4, -0.2) is 34.4 Å². The predicted molar refractivity (Wildman–Crippen MR) is 76.5 cm³/mol. The van der Waals surface area contributed by atoms with Gasteiger partial charge in [0.2, 0.25) is 0 Å². The number of aliphatic hydroxyl groups excluding tert-OH is 1. The average molecular weight is 274 g/mol. The van der Waals surface area contributed by atoms with Gasteiger partial charge in [0, 0.05) is 25.4 Å². The summed E-state index contributed by atoms with van der Waals surface area (Å²) in [5.41, 5.74) is 2.62. The topological polar surface area (TPSA) is 79.2 Å². The lowest BCUT2D eigenvalue weighted by atomic mass is 10.1. The number of nitrogens with one attached hydrogen (secondary N) is 2. The van der Waals surface area contributed by atoms with Crippen LogP contribution in [-0.2, 0) is 13.1 Å². The quantitative estimate of drug-likeness (QED) is 0.729. The van der Waals surface area contributed by atoms with Crippen molar-refractivity contribution >= 4 is 11.6 Å². The number of benzene rings is 1. The lowest BCUT2D eigenvalue weighted by molar-refractivity contribution is 0.0963. The van der Waals surface area contributed by atoms with Crippen LogP contribution in [0.15, 0.2) is 36.7 Å². The first-order valence-corrected chi connectivity index (χ1v) is 6.41. The van der Waals surface area contributed by atoms with E-state index in [0.717, 1.165) is 11.3 Å². The number of nitrogens with zero attached hydrogens (tertiary/aromatic N) is 2. The fraction of sp³-hybridized carbons (Fsp3) is 0.286. The highest BCUT2D eigenvalue weighted by Gasteiger charge is 2.02. The van der Waals surface area contributed by atoms with Crippen LogP contribution >= 0.6 is 0 Å². The summed E-state index contributed by atoms with van der Waals surface area (Å²) >= 11 is 0. The van der Waals surface area contributed by atoms with Crippen LogP contribution in [0.1, 0.15) is 15.9 Å². The summed E-state index contributed by atoms with van der Waals surface area (Å²) in [5.74, 6) is -0.0882. The number of amides is 1. The fourth-order valence-electron chi connectivity index (χ4n) is 1.80. The largest absolute Gasteiger partial charge is 0.394 e. The molecule has 0 spiro atoms. The Hall–Kier alpha value is -2.34. The van der Waals surface area contributed by atoms with Crippen LogP contribution in [0.5, 0.6) is 0 Å². The van der Waals surface area contributed by atoms with Crippen LogP contribution in [0.25, 0.3) is 0 Å². The Balaban J connectivity index is 1.91. The molecule has 0 saturated carbocycles. The Kier molecular flexibility index (Phi) is 4.73. The summed E-state index contributed by atoms with van der Waals surface area (Å²) in [4.78, 5) is 11.4. The molecule has 0 aliphatic heterocycles. The van der Waals surface area contributed by atoms with Crippen molar-refractivity contribution in [2.24, 2.45) is 0 Å². The van der Waals surface area contributed by atoms with E-state index in [1.165, 1.54) is 0 Å². The van der Waals surface area contributed by atoms with Crippen LogP contribution < -0.4 is 10.6 Å². The molecular formula is C14H18N4O2. The van der Waals surface area contributed by atoms with Crippen molar-refractivity contribution in [3.05, 3.63) is 47.8 Å². The summed E-state index contributed by atoms with van der Waals surface area (Å²) in [6.07, 6.45) is 3.56. The molecule has 2 rings (SSSR count). The van der Waals surface area contributed by atoms with Crippen molar-refractivity contribution in [2.45, 2.75) is 13.1 Å². The summed E-state index contributed by atoms with van der Waals surface area (Å²) in [6.45, 7) is 1.21. The minimum Gasteiger partial charge on any atom is -0.394 e. The van der Waals surface area contributed by atoms with Gasteiger partial charge in [-0.3, -0.25) is 9.48 Å². The first kappa shape index (κ1) is 14.1. The van der Waals surface area contributed by atoms with Crippen molar-refractivity contribution in [1.29, 1.82) is 0 Å². The fourth-order valence-corrected chi connectivity index (χ4v) is 1.80. The van der Waals surface area contributed by atoms with Gasteiger partial charge in [-0.05, 0) is 17.7 Å². The van der Waals surface area contributed by atoms with Gasteiger partial charge in [-0.2, -0.15) is 5.10 Å². The van der Waals surface area contributed by atoms with Gasteiger partial charge in [0.25, 0.3) is 5.91 Å². The lowest BCUT2D eigenvalue weighted by Gasteiger charge is -2.05. The van der Waals surface area contributed by atoms with Crippen molar-refractivity contribution in [2.75, 3.05) is 19.0 Å². The molecule has 0 radical (unpaired) electrons. The van der Waals surface area contributed by atoms with Gasteiger partial charge in [0.15, 0.2) is 0 Å². The van der Waals surface area contributed by atoms with Crippen molar-refractivity contribution in [3.8, 4) is 0 Å². The zero-order valence-corrected chi connectivity index (χ0v) is 11.3. The number of aromatic nitrogens is 2. The molecule has 0 fully saturated rings. The van der Waals surface area contributed by atoms with Crippen molar-refractivity contribution in [3.63, 3.8) is 0 Å². The van der Waals surface area contributed by atoms with E-state index in [9.17, 15) is 4.79 Å². The molecule has 1 heterocycles. The predicted octanol–water partition coefficient (Wildman–Crippen LogP) is 0.847. The molecule has 2 aromatic rings. The Morgan fingerprint density at radius 2 is 2.10 bits per heavy atom. The number of anilines is 1. The second-order valence-corrected chi connectivity index (χ2v) is 4.35. The van der Waals surface area contributed by atoms with Gasteiger partial charge >= 0.3 is 0 Å². The van der Waals surface area contributed by atoms with Gasteiger partial charge in [-0.1, -0.05) is 12.1 Å². The van der Waals surface area contributed by atoms with Gasteiger partial charge in [-0.15, -0.1) is 0 Å². The molecule has 1 amide bonds. The number of carbonyl (C=O) groups excluding carboxylic acids is 1. The van der Waals surface area contributed by atoms with E-state index < -0.39 is 0 Å². The zero-order chi connectivity index (χ0) is 14.4. The van der Waals surface area contributed by atoms with Gasteiger partial charge in [0.05, 0.1) is 25.0 Å². The standard InChI is InChI=1S/C14H18N4O2/c1-15-14(20)12-4-2-11(3-5-12)8-16-13-9-17-18(10-13)6-7-19/h2-5,9-10,16,19H,6-8H2,1H3,(H,15,20). The number of hydrogen-bond donors (Lipinski definition) is 3. The second kappa shape index (κ2) is 6.72. The molecule has 0 bridgehead atoms. The molecule has 6 heteroatoms. The second-order valence-electron chi connectivity index (χ2n) is 4.35. The van der Waals surface area contributed by atoms with Crippen molar-refractivity contribution in [1.82, 2.24) is 15.1 Å². The van der Waals surface area contributed by atoms with E-state index in [2.05, 4.69) is 15.7 Å². The Labute approximate surface area is 117 Å². The highest BCUT2D eigenvalue weighted by molar-refractivity contribution is 5.93. The Morgan fingerprint density at radius 3 is 2.75 bits per heavy atom. The van der Waals surface area contributed by atoms with Gasteiger partial charge in [0.1, 0.15) is 0 Å². The number of rotatable bonds is 6. The van der Waals surface area contributed by atoms with E-state index in [0.29, 0.717) is 18.7 Å². The smallest absolute Gasteiger partial charge is 0.251 e. The Morgan fingerprint density at radius 1 is 1.35 bits per heavy atom. The Bertz CT molecular complexity index is 563. The maximum atomic E-state index is 11.4. The lowest BCUT2D eigenvalue weighted by Crippen LogP contribution is -2.17. The zero-order valence-electron chi connectivity index (χ0n) is 11.3. The number of hydrogen-bond acceptors (Lipinski definition) is 4. The monoisotopic (exact) mass is 274 g/mol. The van der Waals surface area contributed by atoms with Gasteiger partial charge in [-0.25, -0.2) is 0 Å². The molecule has 1 aromatic heterocycles. The van der Waals surface area contributed by atoms with Gasteiger partial charge < -0.3 is 15.7 Å². The minimum atomic E-state index is -0.0882. The third kappa shape index (κ3) is 3.58. The average Bonchev–Trinajstić information content (AvgIpc) is 2.93. The van der Waals surface area contributed by atoms with Crippen molar-refractivity contribution < 1.29 is 9.90 Å². The third-order valence-electron chi connectivity index (χ3n) is 2.90. The van der Waals surface area contributed by atoms with Crippen LogP contribution in [0.2, 0.25) is 0 Å².